The molecule has 3 rings (SSSR count). The average Bonchev–Trinajstić information content (AvgIpc) is 3.11. The molecule has 0 bridgehead atoms. The molecule has 0 spiro atoms. The van der Waals surface area contributed by atoms with Crippen molar-refractivity contribution >= 4 is 16.8 Å². The molecule has 25 heavy (non-hydrogen) atoms. The third-order valence-electron chi connectivity index (χ3n) is 4.47. The van der Waals surface area contributed by atoms with Gasteiger partial charge in [0.15, 0.2) is 0 Å². The Morgan fingerprint density at radius 2 is 2.16 bits per heavy atom. The standard InChI is InChI=1S/C20H26N4O/c1-13(2)10-16-11-18(24(4)23-16)20(25)21-9-8-15-12-22-19-14(3)6-5-7-17(15)19/h5-7,11-13,22H,8-10H2,1-4H3,(H,21,25). The summed E-state index contributed by atoms with van der Waals surface area (Å²) in [5.41, 5.74) is 5.22. The smallest absolute Gasteiger partial charge is 0.269 e. The Kier molecular flexibility index (Phi) is 4.93. The van der Waals surface area contributed by atoms with Gasteiger partial charge in [0.2, 0.25) is 0 Å². The van der Waals surface area contributed by atoms with Crippen molar-refractivity contribution < 1.29 is 4.79 Å². The van der Waals surface area contributed by atoms with E-state index in [0.29, 0.717) is 18.2 Å². The molecule has 0 radical (unpaired) electrons. The normalized spacial score (nSPS) is 11.4. The zero-order chi connectivity index (χ0) is 18.0. The summed E-state index contributed by atoms with van der Waals surface area (Å²) < 4.78 is 1.67. The Hall–Kier alpha value is -2.56. The van der Waals surface area contributed by atoms with Crippen molar-refractivity contribution in [2.75, 3.05) is 6.54 Å². The quantitative estimate of drug-likeness (QED) is 0.724. The largest absolute Gasteiger partial charge is 0.361 e. The van der Waals surface area contributed by atoms with Crippen LogP contribution < -0.4 is 5.32 Å². The first-order valence-electron chi connectivity index (χ1n) is 8.82. The lowest BCUT2D eigenvalue weighted by Crippen LogP contribution is -2.27. The molecule has 0 atom stereocenters. The summed E-state index contributed by atoms with van der Waals surface area (Å²) in [4.78, 5) is 15.8. The Morgan fingerprint density at radius 3 is 2.92 bits per heavy atom. The van der Waals surface area contributed by atoms with Crippen LogP contribution in [0, 0.1) is 12.8 Å². The van der Waals surface area contributed by atoms with Gasteiger partial charge in [-0.1, -0.05) is 32.0 Å². The third-order valence-corrected chi connectivity index (χ3v) is 4.47. The van der Waals surface area contributed by atoms with Crippen LogP contribution in [0.15, 0.2) is 30.5 Å². The highest BCUT2D eigenvalue weighted by molar-refractivity contribution is 5.92. The number of hydrogen-bond donors (Lipinski definition) is 2. The molecule has 0 saturated carbocycles. The molecule has 2 heterocycles. The lowest BCUT2D eigenvalue weighted by Gasteiger charge is -2.05. The van der Waals surface area contributed by atoms with Gasteiger partial charge in [-0.05, 0) is 42.9 Å². The fraction of sp³-hybridized carbons (Fsp3) is 0.400. The first kappa shape index (κ1) is 17.3. The Morgan fingerprint density at radius 1 is 1.36 bits per heavy atom. The molecule has 0 aliphatic carbocycles. The van der Waals surface area contributed by atoms with Gasteiger partial charge in [0, 0.05) is 30.7 Å². The van der Waals surface area contributed by atoms with E-state index in [0.717, 1.165) is 18.5 Å². The van der Waals surface area contributed by atoms with E-state index in [1.54, 1.807) is 4.68 Å². The third kappa shape index (κ3) is 3.76. The van der Waals surface area contributed by atoms with Crippen molar-refractivity contribution in [1.82, 2.24) is 20.1 Å². The summed E-state index contributed by atoms with van der Waals surface area (Å²) in [6.45, 7) is 7.00. The minimum atomic E-state index is -0.0685. The van der Waals surface area contributed by atoms with E-state index in [1.807, 2.05) is 19.3 Å². The zero-order valence-electron chi connectivity index (χ0n) is 15.4. The van der Waals surface area contributed by atoms with Crippen molar-refractivity contribution in [1.29, 1.82) is 0 Å². The highest BCUT2D eigenvalue weighted by atomic mass is 16.2. The molecule has 2 N–H and O–H groups in total. The summed E-state index contributed by atoms with van der Waals surface area (Å²) in [5, 5.41) is 8.67. The highest BCUT2D eigenvalue weighted by Gasteiger charge is 2.14. The molecule has 5 nitrogen and oxygen atoms in total. The van der Waals surface area contributed by atoms with E-state index in [4.69, 9.17) is 0 Å². The van der Waals surface area contributed by atoms with Gasteiger partial charge in [-0.25, -0.2) is 0 Å². The molecule has 0 unspecified atom stereocenters. The van der Waals surface area contributed by atoms with Gasteiger partial charge in [0.25, 0.3) is 5.91 Å². The van der Waals surface area contributed by atoms with E-state index >= 15 is 0 Å². The van der Waals surface area contributed by atoms with Crippen LogP contribution >= 0.6 is 0 Å². The molecule has 0 aliphatic heterocycles. The van der Waals surface area contributed by atoms with Crippen molar-refractivity contribution in [3.8, 4) is 0 Å². The summed E-state index contributed by atoms with van der Waals surface area (Å²) in [7, 11) is 1.82. The lowest BCUT2D eigenvalue weighted by atomic mass is 10.1. The number of aromatic nitrogens is 3. The Bertz CT molecular complexity index is 888. The first-order valence-corrected chi connectivity index (χ1v) is 8.82. The maximum absolute atomic E-state index is 12.4. The summed E-state index contributed by atoms with van der Waals surface area (Å²) in [6, 6.07) is 8.18. The number of aromatic amines is 1. The van der Waals surface area contributed by atoms with Crippen LogP contribution in [0.2, 0.25) is 0 Å². The van der Waals surface area contributed by atoms with Crippen LogP contribution in [-0.4, -0.2) is 27.2 Å². The summed E-state index contributed by atoms with van der Waals surface area (Å²) in [5.74, 6) is 0.456. The molecular formula is C20H26N4O. The fourth-order valence-electron chi connectivity index (χ4n) is 3.23. The number of carbonyl (C=O) groups is 1. The molecule has 3 aromatic rings. The van der Waals surface area contributed by atoms with Gasteiger partial charge in [-0.15, -0.1) is 0 Å². The van der Waals surface area contributed by atoms with Crippen LogP contribution in [0.3, 0.4) is 0 Å². The van der Waals surface area contributed by atoms with Gasteiger partial charge >= 0.3 is 0 Å². The molecular weight excluding hydrogens is 312 g/mol. The highest BCUT2D eigenvalue weighted by Crippen LogP contribution is 2.21. The molecule has 0 saturated heterocycles. The average molecular weight is 338 g/mol. The minimum Gasteiger partial charge on any atom is -0.361 e. The summed E-state index contributed by atoms with van der Waals surface area (Å²) in [6.07, 6.45) is 3.72. The Balaban J connectivity index is 1.62. The number of carbonyl (C=O) groups excluding carboxylic acids is 1. The van der Waals surface area contributed by atoms with Gasteiger partial charge in [0.1, 0.15) is 5.69 Å². The van der Waals surface area contributed by atoms with E-state index in [-0.39, 0.29) is 5.91 Å². The SMILES string of the molecule is Cc1cccc2c(CCNC(=O)c3cc(CC(C)C)nn3C)c[nH]c12. The molecule has 132 valence electrons. The fourth-order valence-corrected chi connectivity index (χ4v) is 3.23. The minimum absolute atomic E-state index is 0.0685. The van der Waals surface area contributed by atoms with Crippen LogP contribution in [0.1, 0.15) is 41.2 Å². The molecule has 2 aromatic heterocycles. The number of rotatable bonds is 6. The number of H-pyrrole nitrogens is 1. The lowest BCUT2D eigenvalue weighted by molar-refractivity contribution is 0.0945. The van der Waals surface area contributed by atoms with Crippen LogP contribution in [0.25, 0.3) is 10.9 Å². The van der Waals surface area contributed by atoms with Crippen molar-refractivity contribution in [3.05, 3.63) is 53.0 Å². The predicted octanol–water partition coefficient (Wildman–Crippen LogP) is 3.38. The van der Waals surface area contributed by atoms with Crippen molar-refractivity contribution in [2.45, 2.75) is 33.6 Å². The number of fused-ring (bicyclic) bond motifs is 1. The maximum Gasteiger partial charge on any atom is 0.269 e. The Labute approximate surface area is 148 Å². The van der Waals surface area contributed by atoms with E-state index < -0.39 is 0 Å². The van der Waals surface area contributed by atoms with Crippen LogP contribution in [0.4, 0.5) is 0 Å². The number of hydrogen-bond acceptors (Lipinski definition) is 2. The van der Waals surface area contributed by atoms with Crippen molar-refractivity contribution in [2.24, 2.45) is 13.0 Å². The molecule has 1 amide bonds. The topological polar surface area (TPSA) is 62.7 Å². The van der Waals surface area contributed by atoms with Gasteiger partial charge in [-0.2, -0.15) is 5.10 Å². The van der Waals surface area contributed by atoms with Gasteiger partial charge < -0.3 is 10.3 Å². The monoisotopic (exact) mass is 338 g/mol. The zero-order valence-corrected chi connectivity index (χ0v) is 15.4. The van der Waals surface area contributed by atoms with E-state index in [1.165, 1.54) is 22.0 Å². The second kappa shape index (κ2) is 7.13. The van der Waals surface area contributed by atoms with Crippen LogP contribution in [-0.2, 0) is 19.9 Å². The molecule has 0 aliphatic rings. The van der Waals surface area contributed by atoms with Gasteiger partial charge in [-0.3, -0.25) is 9.48 Å². The number of nitrogens with zero attached hydrogens (tertiary/aromatic N) is 2. The number of nitrogens with one attached hydrogen (secondary N) is 2. The second-order valence-electron chi connectivity index (χ2n) is 7.06. The summed E-state index contributed by atoms with van der Waals surface area (Å²) >= 11 is 0. The van der Waals surface area contributed by atoms with Crippen molar-refractivity contribution in [3.63, 3.8) is 0 Å². The number of benzene rings is 1. The first-order chi connectivity index (χ1) is 12.0. The van der Waals surface area contributed by atoms with E-state index in [9.17, 15) is 4.79 Å². The maximum atomic E-state index is 12.4. The molecule has 5 heteroatoms. The predicted molar refractivity (Wildman–Crippen MR) is 101 cm³/mol. The van der Waals surface area contributed by atoms with E-state index in [2.05, 4.69) is 54.4 Å². The molecule has 1 aromatic carbocycles. The second-order valence-corrected chi connectivity index (χ2v) is 7.06. The molecule has 0 fully saturated rings. The number of aryl methyl sites for hydroxylation is 2. The number of para-hydroxylation sites is 1. The number of amides is 1. The van der Waals surface area contributed by atoms with Crippen LogP contribution in [0.5, 0.6) is 0 Å². The van der Waals surface area contributed by atoms with Gasteiger partial charge in [0.05, 0.1) is 5.69 Å².